The van der Waals surface area contributed by atoms with Crippen LogP contribution in [-0.2, 0) is 16.4 Å². The van der Waals surface area contributed by atoms with Crippen molar-refractivity contribution in [3.05, 3.63) is 22.9 Å². The Labute approximate surface area is 128 Å². The van der Waals surface area contributed by atoms with Gasteiger partial charge in [-0.1, -0.05) is 13.8 Å². The Morgan fingerprint density at radius 3 is 2.48 bits per heavy atom. The van der Waals surface area contributed by atoms with Crippen LogP contribution in [-0.4, -0.2) is 45.0 Å². The molecule has 0 saturated carbocycles. The molecule has 0 fully saturated rings. The van der Waals surface area contributed by atoms with Gasteiger partial charge in [-0.2, -0.15) is 0 Å². The lowest BCUT2D eigenvalue weighted by atomic mass is 10.1. The highest BCUT2D eigenvalue weighted by Gasteiger charge is 2.14. The van der Waals surface area contributed by atoms with Crippen molar-refractivity contribution in [2.45, 2.75) is 40.3 Å². The van der Waals surface area contributed by atoms with E-state index in [1.165, 1.54) is 11.8 Å². The van der Waals surface area contributed by atoms with E-state index in [9.17, 15) is 8.42 Å². The maximum absolute atomic E-state index is 11.3. The monoisotopic (exact) mass is 313 g/mol. The number of hydrogen-bond donors (Lipinski definition) is 1. The third-order valence-electron chi connectivity index (χ3n) is 3.30. The molecule has 0 aliphatic heterocycles. The van der Waals surface area contributed by atoms with Crippen LogP contribution in [0.3, 0.4) is 0 Å². The van der Waals surface area contributed by atoms with Gasteiger partial charge >= 0.3 is 0 Å². The van der Waals surface area contributed by atoms with Gasteiger partial charge in [-0.25, -0.2) is 13.4 Å². The third-order valence-corrected chi connectivity index (χ3v) is 4.22. The van der Waals surface area contributed by atoms with Crippen LogP contribution in [0.5, 0.6) is 0 Å². The number of sulfone groups is 1. The quantitative estimate of drug-likeness (QED) is 0.830. The van der Waals surface area contributed by atoms with Crippen molar-refractivity contribution in [3.63, 3.8) is 0 Å². The zero-order valence-corrected chi connectivity index (χ0v) is 14.7. The standard InChI is InChI=1S/C15H27N3O2S/c1-11(2)16-10-14-12(3)9-13(4)17-15(14)18(5)7-8-21(6,19)20/h9,11,16H,7-8,10H2,1-6H3. The molecule has 21 heavy (non-hydrogen) atoms. The summed E-state index contributed by atoms with van der Waals surface area (Å²) < 4.78 is 22.7. The van der Waals surface area contributed by atoms with E-state index in [2.05, 4.69) is 37.1 Å². The Hall–Kier alpha value is -1.14. The van der Waals surface area contributed by atoms with Crippen molar-refractivity contribution in [1.82, 2.24) is 10.3 Å². The summed E-state index contributed by atoms with van der Waals surface area (Å²) >= 11 is 0. The topological polar surface area (TPSA) is 62.3 Å². The van der Waals surface area contributed by atoms with Gasteiger partial charge in [0.25, 0.3) is 0 Å². The Kier molecular flexibility index (Phi) is 6.16. The second kappa shape index (κ2) is 7.22. The molecule has 0 bridgehead atoms. The van der Waals surface area contributed by atoms with E-state index in [1.807, 2.05) is 18.9 Å². The predicted octanol–water partition coefficient (Wildman–Crippen LogP) is 1.68. The molecule has 5 nitrogen and oxygen atoms in total. The molecule has 0 atom stereocenters. The first-order chi connectivity index (χ1) is 9.60. The molecule has 0 aromatic carbocycles. The first-order valence-corrected chi connectivity index (χ1v) is 9.25. The number of nitrogens with zero attached hydrogens (tertiary/aromatic N) is 2. The molecule has 0 radical (unpaired) electrons. The summed E-state index contributed by atoms with van der Waals surface area (Å²) in [5.74, 6) is 0.999. The maximum Gasteiger partial charge on any atom is 0.149 e. The minimum atomic E-state index is -2.97. The molecule has 0 aliphatic rings. The molecular formula is C15H27N3O2S. The number of rotatable bonds is 7. The number of aryl methyl sites for hydroxylation is 2. The predicted molar refractivity (Wildman–Crippen MR) is 88.7 cm³/mol. The normalized spacial score (nSPS) is 12.0. The Bertz CT molecular complexity index is 583. The summed E-state index contributed by atoms with van der Waals surface area (Å²) in [4.78, 5) is 6.53. The Morgan fingerprint density at radius 2 is 1.95 bits per heavy atom. The zero-order valence-electron chi connectivity index (χ0n) is 13.9. The van der Waals surface area contributed by atoms with Crippen LogP contribution >= 0.6 is 0 Å². The highest BCUT2D eigenvalue weighted by molar-refractivity contribution is 7.90. The molecule has 1 N–H and O–H groups in total. The lowest BCUT2D eigenvalue weighted by molar-refractivity contribution is 0.585. The van der Waals surface area contributed by atoms with E-state index in [-0.39, 0.29) is 5.75 Å². The molecule has 0 amide bonds. The summed E-state index contributed by atoms with van der Waals surface area (Å²) in [5, 5.41) is 3.40. The van der Waals surface area contributed by atoms with E-state index in [1.54, 1.807) is 0 Å². The number of aromatic nitrogens is 1. The van der Waals surface area contributed by atoms with Gasteiger partial charge in [-0.05, 0) is 25.5 Å². The number of hydrogen-bond acceptors (Lipinski definition) is 5. The van der Waals surface area contributed by atoms with Crippen molar-refractivity contribution in [2.24, 2.45) is 0 Å². The van der Waals surface area contributed by atoms with Gasteiger partial charge in [0.05, 0.1) is 5.75 Å². The lowest BCUT2D eigenvalue weighted by Gasteiger charge is -2.23. The number of anilines is 1. The molecule has 1 rings (SSSR count). The van der Waals surface area contributed by atoms with Gasteiger partial charge in [-0.15, -0.1) is 0 Å². The summed E-state index contributed by atoms with van der Waals surface area (Å²) in [5.41, 5.74) is 3.25. The molecule has 1 aromatic heterocycles. The Balaban J connectivity index is 3.02. The molecule has 0 aliphatic carbocycles. The van der Waals surface area contributed by atoms with Crippen LogP contribution in [0.2, 0.25) is 0 Å². The highest BCUT2D eigenvalue weighted by Crippen LogP contribution is 2.22. The van der Waals surface area contributed by atoms with E-state index < -0.39 is 9.84 Å². The molecular weight excluding hydrogens is 286 g/mol. The van der Waals surface area contributed by atoms with E-state index >= 15 is 0 Å². The smallest absolute Gasteiger partial charge is 0.149 e. The van der Waals surface area contributed by atoms with Crippen LogP contribution < -0.4 is 10.2 Å². The fourth-order valence-corrected chi connectivity index (χ4v) is 2.70. The van der Waals surface area contributed by atoms with Crippen LogP contribution in [0.4, 0.5) is 5.82 Å². The second-order valence-electron chi connectivity index (χ2n) is 5.97. The Morgan fingerprint density at radius 1 is 1.33 bits per heavy atom. The molecule has 1 heterocycles. The summed E-state index contributed by atoms with van der Waals surface area (Å²) in [6.07, 6.45) is 1.26. The maximum atomic E-state index is 11.3. The molecule has 0 spiro atoms. The number of nitrogens with one attached hydrogen (secondary N) is 1. The summed E-state index contributed by atoms with van der Waals surface area (Å²) in [6.45, 7) is 9.41. The average Bonchev–Trinajstić information content (AvgIpc) is 2.32. The largest absolute Gasteiger partial charge is 0.358 e. The van der Waals surface area contributed by atoms with Gasteiger partial charge in [-0.3, -0.25) is 0 Å². The minimum absolute atomic E-state index is 0.134. The van der Waals surface area contributed by atoms with Gasteiger partial charge < -0.3 is 10.2 Å². The first kappa shape index (κ1) is 17.9. The zero-order chi connectivity index (χ0) is 16.2. The van der Waals surface area contributed by atoms with Gasteiger partial charge in [0.15, 0.2) is 0 Å². The fourth-order valence-electron chi connectivity index (χ4n) is 2.09. The third kappa shape index (κ3) is 6.01. The van der Waals surface area contributed by atoms with Crippen LogP contribution in [0, 0.1) is 13.8 Å². The van der Waals surface area contributed by atoms with Crippen molar-refractivity contribution in [2.75, 3.05) is 30.5 Å². The lowest BCUT2D eigenvalue weighted by Crippen LogP contribution is -2.29. The van der Waals surface area contributed by atoms with Gasteiger partial charge in [0.1, 0.15) is 15.7 Å². The van der Waals surface area contributed by atoms with Crippen LogP contribution in [0.1, 0.15) is 30.7 Å². The highest BCUT2D eigenvalue weighted by atomic mass is 32.2. The van der Waals surface area contributed by atoms with Crippen molar-refractivity contribution in [1.29, 1.82) is 0 Å². The SMILES string of the molecule is Cc1cc(C)c(CNC(C)C)c(N(C)CCS(C)(=O)=O)n1. The van der Waals surface area contributed by atoms with Gasteiger partial charge in [0, 0.05) is 43.7 Å². The average molecular weight is 313 g/mol. The van der Waals surface area contributed by atoms with Crippen LogP contribution in [0.25, 0.3) is 0 Å². The van der Waals surface area contributed by atoms with Crippen molar-refractivity contribution in [3.8, 4) is 0 Å². The molecule has 0 saturated heterocycles. The molecule has 120 valence electrons. The molecule has 0 unspecified atom stereocenters. The fraction of sp³-hybridized carbons (Fsp3) is 0.667. The first-order valence-electron chi connectivity index (χ1n) is 7.19. The molecule has 1 aromatic rings. The van der Waals surface area contributed by atoms with Gasteiger partial charge in [0.2, 0.25) is 0 Å². The minimum Gasteiger partial charge on any atom is -0.358 e. The summed E-state index contributed by atoms with van der Waals surface area (Å²) in [6, 6.07) is 2.45. The van der Waals surface area contributed by atoms with E-state index in [4.69, 9.17) is 0 Å². The second-order valence-corrected chi connectivity index (χ2v) is 8.23. The summed E-state index contributed by atoms with van der Waals surface area (Å²) in [7, 11) is -1.08. The van der Waals surface area contributed by atoms with Crippen molar-refractivity contribution >= 4 is 15.7 Å². The molecule has 6 heteroatoms. The van der Waals surface area contributed by atoms with E-state index in [0.717, 1.165) is 23.6 Å². The van der Waals surface area contributed by atoms with Crippen molar-refractivity contribution < 1.29 is 8.42 Å². The van der Waals surface area contributed by atoms with E-state index in [0.29, 0.717) is 12.6 Å². The van der Waals surface area contributed by atoms with Crippen LogP contribution in [0.15, 0.2) is 6.07 Å². The number of pyridine rings is 1.